The van der Waals surface area contributed by atoms with Crippen molar-refractivity contribution in [1.29, 1.82) is 0 Å². The largest absolute Gasteiger partial charge is 0.377 e. The molecule has 1 aliphatic carbocycles. The van der Waals surface area contributed by atoms with Gasteiger partial charge >= 0.3 is 0 Å². The summed E-state index contributed by atoms with van der Waals surface area (Å²) < 4.78 is 8.19. The third-order valence-electron chi connectivity index (χ3n) is 7.01. The molecule has 1 aliphatic heterocycles. The number of hydrogen-bond acceptors (Lipinski definition) is 6. The predicted octanol–water partition coefficient (Wildman–Crippen LogP) is 4.65. The molecule has 174 valence electrons. The van der Waals surface area contributed by atoms with E-state index in [9.17, 15) is 0 Å². The first-order chi connectivity index (χ1) is 16.3. The van der Waals surface area contributed by atoms with Gasteiger partial charge in [0.2, 0.25) is 0 Å². The zero-order valence-corrected chi connectivity index (χ0v) is 19.5. The van der Waals surface area contributed by atoms with E-state index in [2.05, 4.69) is 67.3 Å². The normalized spacial score (nSPS) is 20.4. The number of rotatable bonds is 8. The Labute approximate surface area is 196 Å². The Hall–Kier alpha value is -2.64. The maximum Gasteiger partial charge on any atom is 0.173 e. The van der Waals surface area contributed by atoms with Crippen LogP contribution in [0.25, 0.3) is 0 Å². The average Bonchev–Trinajstić information content (AvgIpc) is 3.54. The van der Waals surface area contributed by atoms with Crippen molar-refractivity contribution in [3.05, 3.63) is 71.3 Å². The minimum absolute atomic E-state index is 0.0491. The molecule has 33 heavy (non-hydrogen) atoms. The molecule has 0 unspecified atom stereocenters. The van der Waals surface area contributed by atoms with E-state index in [0.717, 1.165) is 51.2 Å². The van der Waals surface area contributed by atoms with Crippen molar-refractivity contribution in [2.45, 2.75) is 76.6 Å². The molecule has 2 aromatic heterocycles. The van der Waals surface area contributed by atoms with Crippen LogP contribution in [0.2, 0.25) is 0 Å². The first kappa shape index (κ1) is 22.2. The van der Waals surface area contributed by atoms with Crippen molar-refractivity contribution in [1.82, 2.24) is 30.1 Å². The Morgan fingerprint density at radius 1 is 1.06 bits per heavy atom. The minimum Gasteiger partial charge on any atom is -0.377 e. The van der Waals surface area contributed by atoms with Crippen molar-refractivity contribution in [3.63, 3.8) is 0 Å². The van der Waals surface area contributed by atoms with E-state index >= 15 is 0 Å². The van der Waals surface area contributed by atoms with Gasteiger partial charge in [0, 0.05) is 32.1 Å². The van der Waals surface area contributed by atoms with Gasteiger partial charge in [-0.3, -0.25) is 9.88 Å². The van der Waals surface area contributed by atoms with Crippen molar-refractivity contribution in [2.24, 2.45) is 0 Å². The highest BCUT2D eigenvalue weighted by Crippen LogP contribution is 2.34. The predicted molar refractivity (Wildman–Crippen MR) is 127 cm³/mol. The summed E-state index contributed by atoms with van der Waals surface area (Å²) in [5.41, 5.74) is 3.65. The Kier molecular flexibility index (Phi) is 7.07. The minimum atomic E-state index is -0.0491. The smallest absolute Gasteiger partial charge is 0.173 e. The number of nitrogens with zero attached hydrogens (tertiary/aromatic N) is 6. The summed E-state index contributed by atoms with van der Waals surface area (Å²) in [5.74, 6) is 0.938. The second kappa shape index (κ2) is 10.5. The van der Waals surface area contributed by atoms with Crippen LogP contribution in [0, 0.1) is 6.92 Å². The monoisotopic (exact) mass is 446 g/mol. The maximum atomic E-state index is 6.07. The van der Waals surface area contributed by atoms with Crippen LogP contribution in [0.4, 0.5) is 0 Å². The molecular weight excluding hydrogens is 412 g/mol. The molecule has 1 saturated heterocycles. The molecule has 3 heterocycles. The van der Waals surface area contributed by atoms with Gasteiger partial charge in [0.05, 0.1) is 18.2 Å². The highest BCUT2D eigenvalue weighted by molar-refractivity contribution is 5.29. The second-order valence-corrected chi connectivity index (χ2v) is 9.51. The highest BCUT2D eigenvalue weighted by Gasteiger charge is 2.33. The van der Waals surface area contributed by atoms with Gasteiger partial charge < -0.3 is 4.74 Å². The molecule has 3 aromatic rings. The van der Waals surface area contributed by atoms with Gasteiger partial charge in [-0.1, -0.05) is 55.2 Å². The van der Waals surface area contributed by atoms with Gasteiger partial charge in [-0.05, 0) is 60.2 Å². The molecule has 0 bridgehead atoms. The molecule has 2 atom stereocenters. The van der Waals surface area contributed by atoms with Crippen LogP contribution >= 0.6 is 0 Å². The quantitative estimate of drug-likeness (QED) is 0.502. The number of pyridine rings is 1. The summed E-state index contributed by atoms with van der Waals surface area (Å²) in [6, 6.07) is 13.3. The SMILES string of the molecule is Cc1ccc([C@H](c2nnnn2C2CCCCC2)N(Cc2cccnc2)C[C@@H]2CCCO2)cc1. The van der Waals surface area contributed by atoms with Gasteiger partial charge in [0.15, 0.2) is 5.82 Å². The van der Waals surface area contributed by atoms with Gasteiger partial charge in [-0.2, -0.15) is 0 Å². The fraction of sp³-hybridized carbons (Fsp3) is 0.538. The number of tetrazole rings is 1. The van der Waals surface area contributed by atoms with Crippen molar-refractivity contribution < 1.29 is 4.74 Å². The average molecular weight is 447 g/mol. The fourth-order valence-electron chi connectivity index (χ4n) is 5.28. The van der Waals surface area contributed by atoms with Crippen LogP contribution in [0.1, 0.15) is 79.5 Å². The Morgan fingerprint density at radius 2 is 1.91 bits per heavy atom. The van der Waals surface area contributed by atoms with E-state index in [1.165, 1.54) is 36.0 Å². The highest BCUT2D eigenvalue weighted by atomic mass is 16.5. The molecule has 7 nitrogen and oxygen atoms in total. The van der Waals surface area contributed by atoms with Crippen LogP contribution in [-0.4, -0.2) is 49.3 Å². The molecule has 0 amide bonds. The van der Waals surface area contributed by atoms with Gasteiger partial charge in [-0.15, -0.1) is 5.10 Å². The summed E-state index contributed by atoms with van der Waals surface area (Å²) in [5, 5.41) is 13.3. The van der Waals surface area contributed by atoms with Crippen molar-refractivity contribution in [2.75, 3.05) is 13.2 Å². The van der Waals surface area contributed by atoms with Crippen molar-refractivity contribution >= 4 is 0 Å². The lowest BCUT2D eigenvalue weighted by Gasteiger charge is -2.34. The lowest BCUT2D eigenvalue weighted by Crippen LogP contribution is -2.37. The summed E-state index contributed by atoms with van der Waals surface area (Å²) in [4.78, 5) is 6.85. The van der Waals surface area contributed by atoms with Crippen LogP contribution in [0.3, 0.4) is 0 Å². The Morgan fingerprint density at radius 3 is 2.64 bits per heavy atom. The molecule has 1 saturated carbocycles. The summed E-state index contributed by atoms with van der Waals surface area (Å²) in [6.45, 7) is 4.58. The first-order valence-electron chi connectivity index (χ1n) is 12.4. The molecule has 2 fully saturated rings. The van der Waals surface area contributed by atoms with Crippen molar-refractivity contribution in [3.8, 4) is 0 Å². The lowest BCUT2D eigenvalue weighted by molar-refractivity contribution is 0.0569. The van der Waals surface area contributed by atoms with Gasteiger partial charge in [0.1, 0.15) is 0 Å². The lowest BCUT2D eigenvalue weighted by atomic mass is 9.94. The number of benzene rings is 1. The number of aryl methyl sites for hydroxylation is 1. The molecular formula is C26H34N6O. The standard InChI is InChI=1S/C26H34N6O/c1-20-11-13-22(14-12-20)25(26-28-29-30-32(26)23-8-3-2-4-9-23)31(19-24-10-6-16-33-24)18-21-7-5-15-27-17-21/h5,7,11-15,17,23-25H,2-4,6,8-10,16,18-19H2,1H3/t24-,25+/m0/s1. The first-order valence-corrected chi connectivity index (χ1v) is 12.4. The molecule has 0 spiro atoms. The third-order valence-corrected chi connectivity index (χ3v) is 7.01. The Bertz CT molecular complexity index is 993. The molecule has 7 heteroatoms. The van der Waals surface area contributed by atoms with Crippen LogP contribution in [0.5, 0.6) is 0 Å². The summed E-state index contributed by atoms with van der Waals surface area (Å²) in [6.07, 6.45) is 12.3. The third kappa shape index (κ3) is 5.31. The summed E-state index contributed by atoms with van der Waals surface area (Å²) in [7, 11) is 0. The van der Waals surface area contributed by atoms with E-state index in [-0.39, 0.29) is 12.1 Å². The van der Waals surface area contributed by atoms with E-state index < -0.39 is 0 Å². The van der Waals surface area contributed by atoms with Crippen LogP contribution < -0.4 is 0 Å². The number of hydrogen-bond donors (Lipinski definition) is 0. The maximum absolute atomic E-state index is 6.07. The Balaban J connectivity index is 1.55. The van der Waals surface area contributed by atoms with E-state index in [0.29, 0.717) is 6.04 Å². The van der Waals surface area contributed by atoms with Crippen LogP contribution in [0.15, 0.2) is 48.8 Å². The topological polar surface area (TPSA) is 69.0 Å². The zero-order valence-electron chi connectivity index (χ0n) is 19.5. The van der Waals surface area contributed by atoms with Gasteiger partial charge in [-0.25, -0.2) is 4.68 Å². The summed E-state index contributed by atoms with van der Waals surface area (Å²) >= 11 is 0. The fourth-order valence-corrected chi connectivity index (χ4v) is 5.28. The number of aromatic nitrogens is 5. The molecule has 1 aromatic carbocycles. The second-order valence-electron chi connectivity index (χ2n) is 9.51. The molecule has 2 aliphatic rings. The van der Waals surface area contributed by atoms with Gasteiger partial charge in [0.25, 0.3) is 0 Å². The van der Waals surface area contributed by atoms with Crippen LogP contribution in [-0.2, 0) is 11.3 Å². The van der Waals surface area contributed by atoms with E-state index in [1.807, 2.05) is 18.5 Å². The zero-order chi connectivity index (χ0) is 22.5. The number of ether oxygens (including phenoxy) is 1. The molecule has 0 N–H and O–H groups in total. The van der Waals surface area contributed by atoms with E-state index in [1.54, 1.807) is 0 Å². The molecule has 5 rings (SSSR count). The molecule has 0 radical (unpaired) electrons. The van der Waals surface area contributed by atoms with E-state index in [4.69, 9.17) is 4.74 Å².